The molecule has 5 heteroatoms. The fourth-order valence-electron chi connectivity index (χ4n) is 0.937. The van der Waals surface area contributed by atoms with Crippen molar-refractivity contribution in [3.05, 3.63) is 34.6 Å². The predicted molar refractivity (Wildman–Crippen MR) is 55.1 cm³/mol. The third kappa shape index (κ3) is 2.45. The molecule has 1 aromatic rings. The molecule has 2 nitrogen and oxygen atoms in total. The van der Waals surface area contributed by atoms with Crippen molar-refractivity contribution in [2.45, 2.75) is 4.83 Å². The fourth-order valence-corrected chi connectivity index (χ4v) is 1.93. The first kappa shape index (κ1) is 11.5. The van der Waals surface area contributed by atoms with Gasteiger partial charge in [-0.05, 0) is 17.7 Å². The van der Waals surface area contributed by atoms with E-state index in [0.717, 1.165) is 6.07 Å². The standard InChI is InChI=1S/C9H7BrClFO2/c1-14-9(13)8(10)6-3-2-5(12)4-7(6)11/h2-4,8H,1H3/t8-/m0/s1. The summed E-state index contributed by atoms with van der Waals surface area (Å²) in [7, 11) is 1.27. The molecule has 14 heavy (non-hydrogen) atoms. The van der Waals surface area contributed by atoms with Gasteiger partial charge < -0.3 is 4.74 Å². The van der Waals surface area contributed by atoms with Crippen molar-refractivity contribution < 1.29 is 13.9 Å². The van der Waals surface area contributed by atoms with E-state index in [2.05, 4.69) is 20.7 Å². The van der Waals surface area contributed by atoms with Gasteiger partial charge in [0.2, 0.25) is 0 Å². The van der Waals surface area contributed by atoms with Gasteiger partial charge in [0.25, 0.3) is 0 Å². The average Bonchev–Trinajstić information content (AvgIpc) is 2.15. The SMILES string of the molecule is COC(=O)[C@@H](Br)c1ccc(F)cc1Cl. The minimum absolute atomic E-state index is 0.192. The molecule has 0 radical (unpaired) electrons. The fraction of sp³-hybridized carbons (Fsp3) is 0.222. The highest BCUT2D eigenvalue weighted by Crippen LogP contribution is 2.30. The summed E-state index contributed by atoms with van der Waals surface area (Å²) < 4.78 is 17.2. The molecule has 0 aliphatic carbocycles. The van der Waals surface area contributed by atoms with E-state index in [9.17, 15) is 9.18 Å². The van der Waals surface area contributed by atoms with Gasteiger partial charge in [0, 0.05) is 5.02 Å². The van der Waals surface area contributed by atoms with Crippen molar-refractivity contribution in [2.75, 3.05) is 7.11 Å². The number of halogens is 3. The van der Waals surface area contributed by atoms with Crippen LogP contribution in [0.25, 0.3) is 0 Å². The minimum Gasteiger partial charge on any atom is -0.468 e. The first-order valence-electron chi connectivity index (χ1n) is 3.73. The molecule has 0 spiro atoms. The Morgan fingerprint density at radius 1 is 1.64 bits per heavy atom. The highest BCUT2D eigenvalue weighted by atomic mass is 79.9. The Morgan fingerprint density at radius 3 is 2.79 bits per heavy atom. The smallest absolute Gasteiger partial charge is 0.324 e. The lowest BCUT2D eigenvalue weighted by Gasteiger charge is -2.09. The van der Waals surface area contributed by atoms with Crippen LogP contribution in [-0.4, -0.2) is 13.1 Å². The van der Waals surface area contributed by atoms with Crippen molar-refractivity contribution in [3.63, 3.8) is 0 Å². The zero-order chi connectivity index (χ0) is 10.7. The van der Waals surface area contributed by atoms with Crippen molar-refractivity contribution in [2.24, 2.45) is 0 Å². The molecule has 0 saturated heterocycles. The Balaban J connectivity index is 3.01. The van der Waals surface area contributed by atoms with E-state index in [1.54, 1.807) is 0 Å². The zero-order valence-electron chi connectivity index (χ0n) is 7.26. The van der Waals surface area contributed by atoms with E-state index in [1.165, 1.54) is 19.2 Å². The maximum Gasteiger partial charge on any atom is 0.324 e. The number of methoxy groups -OCH3 is 1. The normalized spacial score (nSPS) is 12.3. The summed E-state index contributed by atoms with van der Waals surface area (Å²) in [6.45, 7) is 0. The number of esters is 1. The lowest BCUT2D eigenvalue weighted by atomic mass is 10.1. The second kappa shape index (κ2) is 4.75. The highest BCUT2D eigenvalue weighted by molar-refractivity contribution is 9.09. The van der Waals surface area contributed by atoms with E-state index < -0.39 is 16.6 Å². The zero-order valence-corrected chi connectivity index (χ0v) is 9.60. The number of ether oxygens (including phenoxy) is 1. The molecule has 0 N–H and O–H groups in total. The van der Waals surface area contributed by atoms with Crippen molar-refractivity contribution in [1.29, 1.82) is 0 Å². The third-order valence-electron chi connectivity index (χ3n) is 1.64. The van der Waals surface area contributed by atoms with Crippen molar-refractivity contribution in [3.8, 4) is 0 Å². The maximum atomic E-state index is 12.7. The number of hydrogen-bond acceptors (Lipinski definition) is 2. The Labute approximate surface area is 94.1 Å². The molecule has 0 unspecified atom stereocenters. The van der Waals surface area contributed by atoms with Gasteiger partial charge in [0.05, 0.1) is 7.11 Å². The number of carbonyl (C=O) groups excluding carboxylic acids is 1. The second-order valence-electron chi connectivity index (χ2n) is 2.55. The first-order chi connectivity index (χ1) is 6.56. The van der Waals surface area contributed by atoms with Gasteiger partial charge in [0.1, 0.15) is 10.6 Å². The van der Waals surface area contributed by atoms with Gasteiger partial charge in [-0.1, -0.05) is 33.6 Å². The number of alkyl halides is 1. The van der Waals surface area contributed by atoms with Crippen molar-refractivity contribution in [1.82, 2.24) is 0 Å². The first-order valence-corrected chi connectivity index (χ1v) is 5.02. The largest absolute Gasteiger partial charge is 0.468 e. The molecule has 1 aromatic carbocycles. The summed E-state index contributed by atoms with van der Waals surface area (Å²) >= 11 is 8.85. The van der Waals surface area contributed by atoms with E-state index in [1.807, 2.05) is 0 Å². The summed E-state index contributed by atoms with van der Waals surface area (Å²) in [5, 5.41) is 0.192. The molecular formula is C9H7BrClFO2. The van der Waals surface area contributed by atoms with Crippen LogP contribution in [0.4, 0.5) is 4.39 Å². The number of carbonyl (C=O) groups is 1. The molecule has 76 valence electrons. The van der Waals surface area contributed by atoms with Crippen LogP contribution in [0.5, 0.6) is 0 Å². The topological polar surface area (TPSA) is 26.3 Å². The molecule has 0 aliphatic rings. The van der Waals surface area contributed by atoms with Gasteiger partial charge in [-0.3, -0.25) is 4.79 Å². The average molecular weight is 282 g/mol. The Kier molecular flexibility index (Phi) is 3.89. The van der Waals surface area contributed by atoms with Crippen LogP contribution in [0.1, 0.15) is 10.4 Å². The van der Waals surface area contributed by atoms with E-state index in [4.69, 9.17) is 11.6 Å². The summed E-state index contributed by atoms with van der Waals surface area (Å²) in [5.41, 5.74) is 0.486. The molecule has 1 rings (SSSR count). The van der Waals surface area contributed by atoms with Crippen LogP contribution >= 0.6 is 27.5 Å². The van der Waals surface area contributed by atoms with Gasteiger partial charge in [-0.25, -0.2) is 4.39 Å². The van der Waals surface area contributed by atoms with Crippen LogP contribution in [0, 0.1) is 5.82 Å². The lowest BCUT2D eigenvalue weighted by Crippen LogP contribution is -2.08. The lowest BCUT2D eigenvalue weighted by molar-refractivity contribution is -0.139. The number of rotatable bonds is 2. The molecule has 0 aliphatic heterocycles. The molecule has 0 heterocycles. The highest BCUT2D eigenvalue weighted by Gasteiger charge is 2.20. The molecule has 0 bridgehead atoms. The van der Waals surface area contributed by atoms with Gasteiger partial charge in [-0.15, -0.1) is 0 Å². The number of hydrogen-bond donors (Lipinski definition) is 0. The predicted octanol–water partition coefficient (Wildman–Crippen LogP) is 3.09. The van der Waals surface area contributed by atoms with Crippen LogP contribution in [0.2, 0.25) is 5.02 Å². The number of benzene rings is 1. The molecule has 0 fully saturated rings. The van der Waals surface area contributed by atoms with E-state index in [0.29, 0.717) is 5.56 Å². The van der Waals surface area contributed by atoms with E-state index in [-0.39, 0.29) is 5.02 Å². The Hall–Kier alpha value is -0.610. The van der Waals surface area contributed by atoms with Gasteiger partial charge in [-0.2, -0.15) is 0 Å². The quantitative estimate of drug-likeness (QED) is 0.615. The summed E-state index contributed by atoms with van der Waals surface area (Å²) in [4.78, 5) is 10.5. The van der Waals surface area contributed by atoms with Crippen LogP contribution in [0.15, 0.2) is 18.2 Å². The summed E-state index contributed by atoms with van der Waals surface area (Å²) in [6.07, 6.45) is 0. The summed E-state index contributed by atoms with van der Waals surface area (Å²) in [5.74, 6) is -0.915. The van der Waals surface area contributed by atoms with Crippen molar-refractivity contribution >= 4 is 33.5 Å². The molecule has 0 saturated carbocycles. The van der Waals surface area contributed by atoms with Gasteiger partial charge in [0.15, 0.2) is 0 Å². The second-order valence-corrected chi connectivity index (χ2v) is 3.87. The third-order valence-corrected chi connectivity index (χ3v) is 2.84. The summed E-state index contributed by atoms with van der Waals surface area (Å²) in [6, 6.07) is 3.82. The van der Waals surface area contributed by atoms with Crippen LogP contribution in [0.3, 0.4) is 0 Å². The molecule has 1 atom stereocenters. The Morgan fingerprint density at radius 2 is 2.29 bits per heavy atom. The van der Waals surface area contributed by atoms with Gasteiger partial charge >= 0.3 is 5.97 Å². The molecular weight excluding hydrogens is 274 g/mol. The van der Waals surface area contributed by atoms with Crippen LogP contribution in [-0.2, 0) is 9.53 Å². The van der Waals surface area contributed by atoms with E-state index >= 15 is 0 Å². The monoisotopic (exact) mass is 280 g/mol. The maximum absolute atomic E-state index is 12.7. The molecule has 0 aromatic heterocycles. The van der Waals surface area contributed by atoms with Crippen LogP contribution < -0.4 is 0 Å². The minimum atomic E-state index is -0.666. The molecule has 0 amide bonds. The Bertz CT molecular complexity index is 357.